The third-order valence-corrected chi connectivity index (χ3v) is 6.83. The molecule has 1 aliphatic carbocycles. The highest BCUT2D eigenvalue weighted by Gasteiger charge is 2.31. The average molecular weight is 402 g/mol. The number of carboxylic acids is 1. The molecule has 0 spiro atoms. The molecule has 1 unspecified atom stereocenters. The van der Waals surface area contributed by atoms with Gasteiger partial charge in [0.05, 0.1) is 10.8 Å². The fraction of sp³-hybridized carbons (Fsp3) is 0.556. The average Bonchev–Trinajstić information content (AvgIpc) is 2.60. The fourth-order valence-corrected chi connectivity index (χ4v) is 4.75. The first-order valence-electron chi connectivity index (χ1n) is 8.75. The molecule has 1 aliphatic rings. The van der Waals surface area contributed by atoms with E-state index in [4.69, 9.17) is 11.6 Å². The van der Waals surface area contributed by atoms with E-state index in [1.54, 1.807) is 0 Å². The van der Waals surface area contributed by atoms with Gasteiger partial charge in [-0.05, 0) is 55.4 Å². The first kappa shape index (κ1) is 20.9. The van der Waals surface area contributed by atoms with Crippen molar-refractivity contribution in [3.8, 4) is 0 Å². The number of rotatable bonds is 9. The van der Waals surface area contributed by atoms with Crippen molar-refractivity contribution < 1.29 is 23.1 Å². The van der Waals surface area contributed by atoms with Gasteiger partial charge in [-0.25, -0.2) is 13.1 Å². The monoisotopic (exact) mass is 401 g/mol. The number of benzene rings is 1. The van der Waals surface area contributed by atoms with E-state index in [-0.39, 0.29) is 17.2 Å². The summed E-state index contributed by atoms with van der Waals surface area (Å²) in [6.07, 6.45) is 4.69. The first-order valence-corrected chi connectivity index (χ1v) is 10.6. The highest BCUT2D eigenvalue weighted by Crippen LogP contribution is 2.36. The van der Waals surface area contributed by atoms with Gasteiger partial charge in [0.1, 0.15) is 6.29 Å². The lowest BCUT2D eigenvalue weighted by Gasteiger charge is -2.31. The van der Waals surface area contributed by atoms with Crippen molar-refractivity contribution >= 4 is 33.9 Å². The molecular formula is C18H24ClNO5S. The van der Waals surface area contributed by atoms with Crippen LogP contribution in [0.25, 0.3) is 0 Å². The number of hydrogen-bond acceptors (Lipinski definition) is 4. The number of carbonyl (C=O) groups is 2. The van der Waals surface area contributed by atoms with Crippen molar-refractivity contribution in [3.63, 3.8) is 0 Å². The van der Waals surface area contributed by atoms with Crippen LogP contribution in [0.2, 0.25) is 5.02 Å². The van der Waals surface area contributed by atoms with E-state index in [1.165, 1.54) is 24.3 Å². The Bertz CT molecular complexity index is 712. The predicted octanol–water partition coefficient (Wildman–Crippen LogP) is 3.10. The number of carbonyl (C=O) groups excluding carboxylic acids is 1. The SMILES string of the molecule is O=CCC(C(=O)O)C1CCC(CCNS(=O)(=O)c2ccc(Cl)cc2)CC1. The Kier molecular flexibility index (Phi) is 7.61. The maximum Gasteiger partial charge on any atom is 0.307 e. The molecule has 0 aromatic heterocycles. The van der Waals surface area contributed by atoms with Gasteiger partial charge in [-0.15, -0.1) is 0 Å². The maximum atomic E-state index is 12.2. The van der Waals surface area contributed by atoms with Crippen LogP contribution in [0.3, 0.4) is 0 Å². The molecule has 1 aromatic carbocycles. The summed E-state index contributed by atoms with van der Waals surface area (Å²) in [5, 5.41) is 9.72. The van der Waals surface area contributed by atoms with Crippen LogP contribution in [0.4, 0.5) is 0 Å². The van der Waals surface area contributed by atoms with Gasteiger partial charge in [-0.2, -0.15) is 0 Å². The second kappa shape index (κ2) is 9.48. The zero-order valence-corrected chi connectivity index (χ0v) is 16.0. The molecule has 0 aliphatic heterocycles. The second-order valence-electron chi connectivity index (χ2n) is 6.77. The Morgan fingerprint density at radius 1 is 1.23 bits per heavy atom. The molecular weight excluding hydrogens is 378 g/mol. The van der Waals surface area contributed by atoms with Crippen LogP contribution in [0, 0.1) is 17.8 Å². The molecule has 8 heteroatoms. The molecule has 0 amide bonds. The standard InChI is InChI=1S/C18H24ClNO5S/c19-15-5-7-16(8-6-15)26(24,25)20-11-9-13-1-3-14(4-2-13)17(10-12-21)18(22)23/h5-8,12-14,17,20H,1-4,9-11H2,(H,22,23). The highest BCUT2D eigenvalue weighted by atomic mass is 35.5. The van der Waals surface area contributed by atoms with Crippen molar-refractivity contribution in [1.82, 2.24) is 4.72 Å². The Balaban J connectivity index is 1.78. The molecule has 0 bridgehead atoms. The van der Waals surface area contributed by atoms with E-state index in [1.807, 2.05) is 0 Å². The topological polar surface area (TPSA) is 101 Å². The van der Waals surface area contributed by atoms with Crippen LogP contribution >= 0.6 is 11.6 Å². The Labute approximate surface area is 159 Å². The number of nitrogens with one attached hydrogen (secondary N) is 1. The van der Waals surface area contributed by atoms with Crippen molar-refractivity contribution in [2.24, 2.45) is 17.8 Å². The molecule has 2 N–H and O–H groups in total. The van der Waals surface area contributed by atoms with E-state index < -0.39 is 21.9 Å². The van der Waals surface area contributed by atoms with Gasteiger partial charge < -0.3 is 9.90 Å². The minimum Gasteiger partial charge on any atom is -0.481 e. The first-order chi connectivity index (χ1) is 12.3. The number of sulfonamides is 1. The summed E-state index contributed by atoms with van der Waals surface area (Å²) in [6.45, 7) is 0.344. The molecule has 0 saturated heterocycles. The van der Waals surface area contributed by atoms with Gasteiger partial charge >= 0.3 is 5.97 Å². The van der Waals surface area contributed by atoms with E-state index in [0.29, 0.717) is 30.2 Å². The zero-order valence-electron chi connectivity index (χ0n) is 14.4. The van der Waals surface area contributed by atoms with Gasteiger partial charge in [0.2, 0.25) is 10.0 Å². The molecule has 26 heavy (non-hydrogen) atoms. The molecule has 1 aromatic rings. The molecule has 1 saturated carbocycles. The molecule has 0 heterocycles. The van der Waals surface area contributed by atoms with E-state index in [9.17, 15) is 23.1 Å². The van der Waals surface area contributed by atoms with Gasteiger partial charge in [0.15, 0.2) is 0 Å². The van der Waals surface area contributed by atoms with Gasteiger partial charge in [-0.1, -0.05) is 24.4 Å². The number of halogens is 1. The Morgan fingerprint density at radius 2 is 1.85 bits per heavy atom. The number of hydrogen-bond donors (Lipinski definition) is 2. The predicted molar refractivity (Wildman–Crippen MR) is 98.5 cm³/mol. The van der Waals surface area contributed by atoms with Gasteiger partial charge in [-0.3, -0.25) is 4.79 Å². The lowest BCUT2D eigenvalue weighted by Crippen LogP contribution is -2.30. The van der Waals surface area contributed by atoms with Crippen LogP contribution < -0.4 is 4.72 Å². The number of aldehydes is 1. The quantitative estimate of drug-likeness (QED) is 0.619. The molecule has 1 atom stereocenters. The second-order valence-corrected chi connectivity index (χ2v) is 8.97. The van der Waals surface area contributed by atoms with E-state index in [2.05, 4.69) is 4.72 Å². The van der Waals surface area contributed by atoms with Crippen LogP contribution in [0.15, 0.2) is 29.2 Å². The lowest BCUT2D eigenvalue weighted by molar-refractivity contribution is -0.145. The summed E-state index contributed by atoms with van der Waals surface area (Å²) in [6, 6.07) is 6.01. The molecule has 0 radical (unpaired) electrons. The molecule has 2 rings (SSSR count). The largest absolute Gasteiger partial charge is 0.481 e. The summed E-state index contributed by atoms with van der Waals surface area (Å²) in [4.78, 5) is 22.1. The summed E-state index contributed by atoms with van der Waals surface area (Å²) in [5.74, 6) is -1.11. The van der Waals surface area contributed by atoms with Crippen LogP contribution in [0.1, 0.15) is 38.5 Å². The van der Waals surface area contributed by atoms with Crippen molar-refractivity contribution in [1.29, 1.82) is 0 Å². The number of aliphatic carboxylic acids is 1. The van der Waals surface area contributed by atoms with Gasteiger partial charge in [0, 0.05) is 18.0 Å². The van der Waals surface area contributed by atoms with Crippen molar-refractivity contribution in [3.05, 3.63) is 29.3 Å². The third-order valence-electron chi connectivity index (χ3n) is 5.10. The third kappa shape index (κ3) is 5.79. The molecule has 6 nitrogen and oxygen atoms in total. The summed E-state index contributed by atoms with van der Waals surface area (Å²) in [5.41, 5.74) is 0. The fourth-order valence-electron chi connectivity index (χ4n) is 3.57. The van der Waals surface area contributed by atoms with Gasteiger partial charge in [0.25, 0.3) is 0 Å². The van der Waals surface area contributed by atoms with E-state index in [0.717, 1.165) is 25.7 Å². The summed E-state index contributed by atoms with van der Waals surface area (Å²) >= 11 is 5.77. The molecule has 1 fully saturated rings. The van der Waals surface area contributed by atoms with Crippen LogP contribution in [0.5, 0.6) is 0 Å². The Hall–Kier alpha value is -1.44. The van der Waals surface area contributed by atoms with E-state index >= 15 is 0 Å². The lowest BCUT2D eigenvalue weighted by atomic mass is 9.74. The maximum absolute atomic E-state index is 12.2. The highest BCUT2D eigenvalue weighted by molar-refractivity contribution is 7.89. The minimum atomic E-state index is -3.55. The van der Waals surface area contributed by atoms with Crippen molar-refractivity contribution in [2.45, 2.75) is 43.4 Å². The van der Waals surface area contributed by atoms with Crippen molar-refractivity contribution in [2.75, 3.05) is 6.54 Å². The Morgan fingerprint density at radius 3 is 2.38 bits per heavy atom. The normalized spacial score (nSPS) is 21.9. The zero-order chi connectivity index (χ0) is 19.2. The summed E-state index contributed by atoms with van der Waals surface area (Å²) in [7, 11) is -3.55. The van der Waals surface area contributed by atoms with Crippen LogP contribution in [-0.2, 0) is 19.6 Å². The number of carboxylic acid groups (broad SMARTS) is 1. The minimum absolute atomic E-state index is 0.0275. The van der Waals surface area contributed by atoms with Crippen LogP contribution in [-0.4, -0.2) is 32.3 Å². The smallest absolute Gasteiger partial charge is 0.307 e. The molecule has 144 valence electrons. The summed E-state index contributed by atoms with van der Waals surface area (Å²) < 4.78 is 27.0.